The summed E-state index contributed by atoms with van der Waals surface area (Å²) in [4.78, 5) is 30.7. The molecule has 0 aromatic carbocycles. The van der Waals surface area contributed by atoms with Crippen molar-refractivity contribution >= 4 is 5.91 Å². The topological polar surface area (TPSA) is 56.4 Å². The van der Waals surface area contributed by atoms with Gasteiger partial charge >= 0.3 is 0 Å². The third-order valence-electron chi connectivity index (χ3n) is 3.27. The van der Waals surface area contributed by atoms with E-state index in [1.54, 1.807) is 6.20 Å². The third kappa shape index (κ3) is 2.61. The Kier molecular flexibility index (Phi) is 3.81. The van der Waals surface area contributed by atoms with Crippen LogP contribution in [0.2, 0.25) is 0 Å². The fourth-order valence-electron chi connectivity index (χ4n) is 2.45. The van der Waals surface area contributed by atoms with E-state index in [2.05, 4.69) is 9.88 Å². The van der Waals surface area contributed by atoms with Gasteiger partial charge in [0, 0.05) is 37.6 Å². The quantitative estimate of drug-likeness (QED) is 0.850. The van der Waals surface area contributed by atoms with Crippen molar-refractivity contribution in [1.82, 2.24) is 14.8 Å². The second-order valence-corrected chi connectivity index (χ2v) is 4.98. The van der Waals surface area contributed by atoms with Crippen LogP contribution in [0.5, 0.6) is 0 Å². The van der Waals surface area contributed by atoms with Gasteiger partial charge in [0.25, 0.3) is 5.91 Å². The molecule has 1 unspecified atom stereocenters. The molecule has 0 radical (unpaired) electrons. The Bertz CT molecular complexity index is 481. The highest BCUT2D eigenvalue weighted by atomic mass is 16.2. The Hall–Kier alpha value is -1.62. The number of likely N-dealkylation sites (N-methyl/N-ethyl adjacent to an activating group) is 1. The monoisotopic (exact) mass is 249 g/mol. The lowest BCUT2D eigenvalue weighted by Gasteiger charge is -2.26. The Morgan fingerprint density at radius 3 is 3.00 bits per heavy atom. The molecule has 0 aliphatic carbocycles. The van der Waals surface area contributed by atoms with Gasteiger partial charge in [0.05, 0.1) is 0 Å². The van der Waals surface area contributed by atoms with Crippen molar-refractivity contribution in [2.75, 3.05) is 27.2 Å². The number of H-pyrrole nitrogens is 1. The number of amides is 1. The van der Waals surface area contributed by atoms with E-state index in [9.17, 15) is 9.59 Å². The molecule has 1 fully saturated rings. The molecule has 5 heteroatoms. The normalized spacial score (nSPS) is 19.5. The van der Waals surface area contributed by atoms with Gasteiger partial charge in [0.2, 0.25) is 0 Å². The van der Waals surface area contributed by atoms with E-state index in [1.807, 2.05) is 19.0 Å². The SMILES string of the molecule is CN(C)CC1CCCN1C(=O)c1c[nH]ccc1=O. The van der Waals surface area contributed by atoms with E-state index < -0.39 is 0 Å². The first kappa shape index (κ1) is 12.8. The maximum atomic E-state index is 12.3. The average Bonchev–Trinajstić information content (AvgIpc) is 2.76. The minimum absolute atomic E-state index is 0.152. The summed E-state index contributed by atoms with van der Waals surface area (Å²) in [5.74, 6) is -0.152. The summed E-state index contributed by atoms with van der Waals surface area (Å²) in [6.07, 6.45) is 5.06. The van der Waals surface area contributed by atoms with Gasteiger partial charge in [-0.3, -0.25) is 9.59 Å². The highest BCUT2D eigenvalue weighted by Gasteiger charge is 2.30. The summed E-state index contributed by atoms with van der Waals surface area (Å²) in [6, 6.07) is 1.61. The standard InChI is InChI=1S/C13H19N3O2/c1-15(2)9-10-4-3-7-16(10)13(18)11-8-14-6-5-12(11)17/h5-6,8,10H,3-4,7,9H2,1-2H3,(H,14,17). The lowest BCUT2D eigenvalue weighted by atomic mass is 10.2. The van der Waals surface area contributed by atoms with Crippen LogP contribution in [0.15, 0.2) is 23.3 Å². The number of carbonyl (C=O) groups excluding carboxylic acids is 1. The van der Waals surface area contributed by atoms with Crippen molar-refractivity contribution in [3.8, 4) is 0 Å². The largest absolute Gasteiger partial charge is 0.367 e. The summed E-state index contributed by atoms with van der Waals surface area (Å²) < 4.78 is 0. The fraction of sp³-hybridized carbons (Fsp3) is 0.538. The predicted octanol–water partition coefficient (Wildman–Crippen LogP) is 0.541. The van der Waals surface area contributed by atoms with E-state index in [0.717, 1.165) is 25.9 Å². The van der Waals surface area contributed by atoms with Crippen molar-refractivity contribution in [1.29, 1.82) is 0 Å². The van der Waals surface area contributed by atoms with Crippen LogP contribution in [0.25, 0.3) is 0 Å². The Morgan fingerprint density at radius 1 is 1.56 bits per heavy atom. The number of hydrogen-bond acceptors (Lipinski definition) is 3. The molecule has 0 spiro atoms. The molecule has 2 heterocycles. The number of carbonyl (C=O) groups is 1. The molecule has 1 aliphatic heterocycles. The van der Waals surface area contributed by atoms with Crippen molar-refractivity contribution in [2.24, 2.45) is 0 Å². The number of aromatic amines is 1. The zero-order chi connectivity index (χ0) is 13.1. The van der Waals surface area contributed by atoms with Gasteiger partial charge in [0.15, 0.2) is 5.43 Å². The zero-order valence-electron chi connectivity index (χ0n) is 10.8. The van der Waals surface area contributed by atoms with Gasteiger partial charge < -0.3 is 14.8 Å². The molecular formula is C13H19N3O2. The second-order valence-electron chi connectivity index (χ2n) is 4.98. The predicted molar refractivity (Wildman–Crippen MR) is 69.7 cm³/mol. The van der Waals surface area contributed by atoms with Gasteiger partial charge in [-0.05, 0) is 26.9 Å². The zero-order valence-corrected chi connectivity index (χ0v) is 10.8. The van der Waals surface area contributed by atoms with Crippen molar-refractivity contribution in [3.63, 3.8) is 0 Å². The molecule has 1 aromatic rings. The highest BCUT2D eigenvalue weighted by Crippen LogP contribution is 2.19. The maximum absolute atomic E-state index is 12.3. The first-order valence-electron chi connectivity index (χ1n) is 6.22. The van der Waals surface area contributed by atoms with Crippen LogP contribution in [0.3, 0.4) is 0 Å². The van der Waals surface area contributed by atoms with Crippen molar-refractivity contribution in [3.05, 3.63) is 34.2 Å². The van der Waals surface area contributed by atoms with Crippen LogP contribution in [0, 0.1) is 0 Å². The Labute approximate surface area is 106 Å². The summed E-state index contributed by atoms with van der Waals surface area (Å²) in [5.41, 5.74) is 0.0254. The van der Waals surface area contributed by atoms with Gasteiger partial charge in [0.1, 0.15) is 5.56 Å². The van der Waals surface area contributed by atoms with E-state index in [0.29, 0.717) is 0 Å². The minimum Gasteiger partial charge on any atom is -0.367 e. The summed E-state index contributed by atoms with van der Waals surface area (Å²) in [7, 11) is 3.99. The molecule has 0 saturated carbocycles. The first-order chi connectivity index (χ1) is 8.59. The molecule has 1 aliphatic rings. The molecular weight excluding hydrogens is 230 g/mol. The van der Waals surface area contributed by atoms with E-state index >= 15 is 0 Å². The molecule has 2 rings (SSSR count). The van der Waals surface area contributed by atoms with Gasteiger partial charge in [-0.1, -0.05) is 0 Å². The fourth-order valence-corrected chi connectivity index (χ4v) is 2.45. The lowest BCUT2D eigenvalue weighted by molar-refractivity contribution is 0.0715. The number of pyridine rings is 1. The first-order valence-corrected chi connectivity index (χ1v) is 6.22. The lowest BCUT2D eigenvalue weighted by Crippen LogP contribution is -2.42. The molecule has 1 saturated heterocycles. The number of likely N-dealkylation sites (tertiary alicyclic amines) is 1. The highest BCUT2D eigenvalue weighted by molar-refractivity contribution is 5.94. The van der Waals surface area contributed by atoms with Crippen LogP contribution in [-0.2, 0) is 0 Å². The van der Waals surface area contributed by atoms with E-state index in [1.165, 1.54) is 12.3 Å². The van der Waals surface area contributed by atoms with Gasteiger partial charge in [-0.2, -0.15) is 0 Å². The molecule has 1 amide bonds. The Morgan fingerprint density at radius 2 is 2.33 bits per heavy atom. The van der Waals surface area contributed by atoms with E-state index in [-0.39, 0.29) is 22.9 Å². The Balaban J connectivity index is 2.18. The molecule has 1 aromatic heterocycles. The van der Waals surface area contributed by atoms with E-state index in [4.69, 9.17) is 0 Å². The summed E-state index contributed by atoms with van der Waals surface area (Å²) >= 11 is 0. The molecule has 5 nitrogen and oxygen atoms in total. The summed E-state index contributed by atoms with van der Waals surface area (Å²) in [5, 5.41) is 0. The van der Waals surface area contributed by atoms with Crippen LogP contribution in [0.1, 0.15) is 23.2 Å². The minimum atomic E-state index is -0.214. The second kappa shape index (κ2) is 5.35. The molecule has 0 bridgehead atoms. The average molecular weight is 249 g/mol. The van der Waals surface area contributed by atoms with Crippen LogP contribution in [0.4, 0.5) is 0 Å². The number of aromatic nitrogens is 1. The van der Waals surface area contributed by atoms with Crippen LogP contribution in [-0.4, -0.2) is 53.9 Å². The van der Waals surface area contributed by atoms with Crippen LogP contribution >= 0.6 is 0 Å². The molecule has 18 heavy (non-hydrogen) atoms. The third-order valence-corrected chi connectivity index (χ3v) is 3.27. The number of nitrogens with one attached hydrogen (secondary N) is 1. The maximum Gasteiger partial charge on any atom is 0.259 e. The number of nitrogens with zero attached hydrogens (tertiary/aromatic N) is 2. The molecule has 98 valence electrons. The van der Waals surface area contributed by atoms with Crippen molar-refractivity contribution < 1.29 is 4.79 Å². The van der Waals surface area contributed by atoms with Gasteiger partial charge in [-0.15, -0.1) is 0 Å². The smallest absolute Gasteiger partial charge is 0.259 e. The molecule has 1 N–H and O–H groups in total. The van der Waals surface area contributed by atoms with Crippen molar-refractivity contribution in [2.45, 2.75) is 18.9 Å². The van der Waals surface area contributed by atoms with Gasteiger partial charge in [-0.25, -0.2) is 0 Å². The molecule has 1 atom stereocenters. The summed E-state index contributed by atoms with van der Waals surface area (Å²) in [6.45, 7) is 1.59. The number of rotatable bonds is 3. The van der Waals surface area contributed by atoms with Crippen LogP contribution < -0.4 is 5.43 Å². The number of hydrogen-bond donors (Lipinski definition) is 1.